The van der Waals surface area contributed by atoms with Crippen molar-refractivity contribution in [2.75, 3.05) is 5.32 Å². The fourth-order valence-corrected chi connectivity index (χ4v) is 2.55. The van der Waals surface area contributed by atoms with E-state index in [1.165, 1.54) is 0 Å². The Hall–Kier alpha value is -2.36. The lowest BCUT2D eigenvalue weighted by molar-refractivity contribution is 0.392. The molecule has 3 aromatic rings. The molecule has 2 aromatic heterocycles. The first kappa shape index (κ1) is 12.7. The summed E-state index contributed by atoms with van der Waals surface area (Å²) in [6.45, 7) is 5.97. The van der Waals surface area contributed by atoms with Crippen molar-refractivity contribution in [1.29, 1.82) is 0 Å². The van der Waals surface area contributed by atoms with Gasteiger partial charge in [0.25, 0.3) is 0 Å². The molecule has 1 unspecified atom stereocenters. The van der Waals surface area contributed by atoms with Crippen molar-refractivity contribution >= 4 is 16.7 Å². The predicted molar refractivity (Wildman–Crippen MR) is 79.8 cm³/mol. The van der Waals surface area contributed by atoms with Crippen LogP contribution in [0.1, 0.15) is 30.0 Å². The highest BCUT2D eigenvalue weighted by Gasteiger charge is 2.16. The summed E-state index contributed by atoms with van der Waals surface area (Å²) < 4.78 is 5.21. The van der Waals surface area contributed by atoms with Crippen LogP contribution in [0.2, 0.25) is 0 Å². The van der Waals surface area contributed by atoms with Crippen LogP contribution in [-0.4, -0.2) is 10.1 Å². The Morgan fingerprint density at radius 1 is 1.10 bits per heavy atom. The van der Waals surface area contributed by atoms with Crippen LogP contribution >= 0.6 is 0 Å². The smallest absolute Gasteiger partial charge is 0.139 e. The first-order valence-electron chi connectivity index (χ1n) is 6.70. The molecule has 0 fully saturated rings. The van der Waals surface area contributed by atoms with Crippen molar-refractivity contribution in [3.8, 4) is 0 Å². The molecule has 1 N–H and O–H groups in total. The first-order valence-corrected chi connectivity index (χ1v) is 6.70. The van der Waals surface area contributed by atoms with Gasteiger partial charge in [0.1, 0.15) is 11.6 Å². The Morgan fingerprint density at radius 3 is 2.65 bits per heavy atom. The lowest BCUT2D eigenvalue weighted by atomic mass is 10.1. The average molecular weight is 267 g/mol. The van der Waals surface area contributed by atoms with Gasteiger partial charge in [0.2, 0.25) is 0 Å². The zero-order chi connectivity index (χ0) is 14.1. The van der Waals surface area contributed by atoms with E-state index in [1.54, 1.807) is 0 Å². The van der Waals surface area contributed by atoms with Crippen LogP contribution in [0.3, 0.4) is 0 Å². The maximum Gasteiger partial charge on any atom is 0.139 e. The zero-order valence-electron chi connectivity index (χ0n) is 11.8. The molecular weight excluding hydrogens is 250 g/mol. The highest BCUT2D eigenvalue weighted by Crippen LogP contribution is 2.25. The van der Waals surface area contributed by atoms with Crippen LogP contribution in [0.15, 0.2) is 40.9 Å². The van der Waals surface area contributed by atoms with Gasteiger partial charge >= 0.3 is 0 Å². The number of benzene rings is 1. The SMILES string of the molecule is Cc1noc(C)c1C(C)Nc1ccc2ccccc2n1. The summed E-state index contributed by atoms with van der Waals surface area (Å²) in [7, 11) is 0. The molecule has 0 radical (unpaired) electrons. The van der Waals surface area contributed by atoms with Crippen molar-refractivity contribution in [2.45, 2.75) is 26.8 Å². The molecule has 0 saturated heterocycles. The molecule has 0 spiro atoms. The minimum absolute atomic E-state index is 0.106. The van der Waals surface area contributed by atoms with E-state index in [-0.39, 0.29) is 6.04 Å². The van der Waals surface area contributed by atoms with Gasteiger partial charge in [-0.15, -0.1) is 0 Å². The molecule has 20 heavy (non-hydrogen) atoms. The minimum Gasteiger partial charge on any atom is -0.363 e. The third-order valence-corrected chi connectivity index (χ3v) is 3.48. The van der Waals surface area contributed by atoms with Crippen LogP contribution in [-0.2, 0) is 0 Å². The number of hydrogen-bond donors (Lipinski definition) is 1. The number of nitrogens with one attached hydrogen (secondary N) is 1. The molecule has 1 atom stereocenters. The molecule has 102 valence electrons. The van der Waals surface area contributed by atoms with Gasteiger partial charge in [-0.1, -0.05) is 23.4 Å². The molecule has 0 amide bonds. The normalized spacial score (nSPS) is 12.6. The van der Waals surface area contributed by atoms with Gasteiger partial charge < -0.3 is 9.84 Å². The summed E-state index contributed by atoms with van der Waals surface area (Å²) in [4.78, 5) is 4.62. The maximum absolute atomic E-state index is 5.21. The first-order chi connectivity index (χ1) is 9.65. The third-order valence-electron chi connectivity index (χ3n) is 3.48. The van der Waals surface area contributed by atoms with E-state index in [9.17, 15) is 0 Å². The number of nitrogens with zero attached hydrogens (tertiary/aromatic N) is 2. The van der Waals surface area contributed by atoms with E-state index in [0.717, 1.165) is 33.7 Å². The molecule has 4 nitrogen and oxygen atoms in total. The molecule has 0 bridgehead atoms. The number of aromatic nitrogens is 2. The number of rotatable bonds is 3. The molecule has 0 aliphatic heterocycles. The summed E-state index contributed by atoms with van der Waals surface area (Å²) in [5, 5.41) is 8.54. The van der Waals surface area contributed by atoms with Gasteiger partial charge in [-0.05, 0) is 39.0 Å². The minimum atomic E-state index is 0.106. The second-order valence-corrected chi connectivity index (χ2v) is 4.99. The fourth-order valence-electron chi connectivity index (χ4n) is 2.55. The Labute approximate surface area is 117 Å². The van der Waals surface area contributed by atoms with Crippen LogP contribution in [0, 0.1) is 13.8 Å². The number of aryl methyl sites for hydroxylation is 2. The van der Waals surface area contributed by atoms with E-state index in [4.69, 9.17) is 4.52 Å². The average Bonchev–Trinajstić information content (AvgIpc) is 2.78. The number of hydrogen-bond acceptors (Lipinski definition) is 4. The van der Waals surface area contributed by atoms with Crippen molar-refractivity contribution in [3.63, 3.8) is 0 Å². The van der Waals surface area contributed by atoms with E-state index in [2.05, 4.69) is 34.5 Å². The zero-order valence-corrected chi connectivity index (χ0v) is 11.8. The van der Waals surface area contributed by atoms with Crippen molar-refractivity contribution in [2.24, 2.45) is 0 Å². The standard InChI is InChI=1S/C16H17N3O/c1-10(16-11(2)19-20-12(16)3)17-15-9-8-13-6-4-5-7-14(13)18-15/h4-10H,1-3H3,(H,17,18). The van der Waals surface area contributed by atoms with Gasteiger partial charge in [-0.2, -0.15) is 0 Å². The van der Waals surface area contributed by atoms with E-state index in [0.29, 0.717) is 0 Å². The van der Waals surface area contributed by atoms with Gasteiger partial charge in [0.15, 0.2) is 0 Å². The molecule has 3 rings (SSSR count). The Kier molecular flexibility index (Phi) is 3.14. The Morgan fingerprint density at radius 2 is 1.90 bits per heavy atom. The molecular formula is C16H17N3O. The van der Waals surface area contributed by atoms with Gasteiger partial charge in [-0.25, -0.2) is 4.98 Å². The van der Waals surface area contributed by atoms with E-state index in [1.807, 2.05) is 38.1 Å². The van der Waals surface area contributed by atoms with Crippen molar-refractivity contribution < 1.29 is 4.52 Å². The summed E-state index contributed by atoms with van der Waals surface area (Å²) in [6.07, 6.45) is 0. The number of fused-ring (bicyclic) bond motifs is 1. The Bertz CT molecular complexity index is 729. The molecule has 2 heterocycles. The summed E-state index contributed by atoms with van der Waals surface area (Å²) in [5.41, 5.74) is 3.01. The molecule has 4 heteroatoms. The highest BCUT2D eigenvalue weighted by molar-refractivity contribution is 5.80. The summed E-state index contributed by atoms with van der Waals surface area (Å²) in [5.74, 6) is 1.71. The summed E-state index contributed by atoms with van der Waals surface area (Å²) >= 11 is 0. The monoisotopic (exact) mass is 267 g/mol. The lowest BCUT2D eigenvalue weighted by Gasteiger charge is -2.14. The van der Waals surface area contributed by atoms with E-state index < -0.39 is 0 Å². The molecule has 0 aliphatic carbocycles. The van der Waals surface area contributed by atoms with Crippen LogP contribution in [0.25, 0.3) is 10.9 Å². The Balaban J connectivity index is 1.89. The fraction of sp³-hybridized carbons (Fsp3) is 0.250. The van der Waals surface area contributed by atoms with Crippen LogP contribution < -0.4 is 5.32 Å². The predicted octanol–water partition coefficient (Wildman–Crippen LogP) is 4.01. The number of pyridine rings is 1. The van der Waals surface area contributed by atoms with Gasteiger partial charge in [0.05, 0.1) is 17.3 Å². The second-order valence-electron chi connectivity index (χ2n) is 4.99. The molecule has 0 aliphatic rings. The van der Waals surface area contributed by atoms with E-state index >= 15 is 0 Å². The van der Waals surface area contributed by atoms with Gasteiger partial charge in [-0.3, -0.25) is 0 Å². The molecule has 1 aromatic carbocycles. The largest absolute Gasteiger partial charge is 0.363 e. The number of anilines is 1. The number of para-hydroxylation sites is 1. The van der Waals surface area contributed by atoms with Crippen LogP contribution in [0.5, 0.6) is 0 Å². The van der Waals surface area contributed by atoms with Crippen molar-refractivity contribution in [1.82, 2.24) is 10.1 Å². The second kappa shape index (κ2) is 4.96. The molecule has 0 saturated carbocycles. The lowest BCUT2D eigenvalue weighted by Crippen LogP contribution is -2.09. The maximum atomic E-state index is 5.21. The highest BCUT2D eigenvalue weighted by atomic mass is 16.5. The third kappa shape index (κ3) is 2.25. The van der Waals surface area contributed by atoms with Crippen LogP contribution in [0.4, 0.5) is 5.82 Å². The topological polar surface area (TPSA) is 51.0 Å². The van der Waals surface area contributed by atoms with Crippen molar-refractivity contribution in [3.05, 3.63) is 53.4 Å². The van der Waals surface area contributed by atoms with Gasteiger partial charge in [0, 0.05) is 10.9 Å². The quantitative estimate of drug-likeness (QED) is 0.779. The summed E-state index contributed by atoms with van der Waals surface area (Å²) in [6, 6.07) is 12.3.